The Morgan fingerprint density at radius 2 is 1.74 bits per heavy atom. The van der Waals surface area contributed by atoms with Crippen molar-refractivity contribution in [2.45, 2.75) is 12.3 Å². The molecular weight excluding hydrogens is 397 g/mol. The molecular formula is C17H15ClF5NO3. The topological polar surface area (TPSA) is 50.7 Å². The number of aliphatic hydroxyl groups excluding tert-OH is 1. The van der Waals surface area contributed by atoms with Gasteiger partial charge in [-0.25, -0.2) is 8.78 Å². The zero-order chi connectivity index (χ0) is 20.2. The number of anilines is 1. The fraction of sp³-hybridized carbons (Fsp3) is 0.294. The van der Waals surface area contributed by atoms with Crippen LogP contribution in [0.3, 0.4) is 0 Å². The Bertz CT molecular complexity index is 778. The molecule has 27 heavy (non-hydrogen) atoms. The van der Waals surface area contributed by atoms with Crippen LogP contribution < -0.4 is 14.8 Å². The monoisotopic (exact) mass is 411 g/mol. The molecule has 0 heterocycles. The number of ether oxygens (including phenoxy) is 2. The molecule has 0 radical (unpaired) electrons. The van der Waals surface area contributed by atoms with E-state index >= 15 is 0 Å². The van der Waals surface area contributed by atoms with Gasteiger partial charge in [-0.1, -0.05) is 0 Å². The van der Waals surface area contributed by atoms with Crippen molar-refractivity contribution >= 4 is 17.3 Å². The van der Waals surface area contributed by atoms with Crippen LogP contribution in [0.5, 0.6) is 17.2 Å². The number of aliphatic hydroxyl groups is 1. The lowest BCUT2D eigenvalue weighted by Gasteiger charge is -2.16. The molecule has 0 spiro atoms. The van der Waals surface area contributed by atoms with Crippen LogP contribution in [-0.4, -0.2) is 30.7 Å². The number of methoxy groups -OCH3 is 1. The fourth-order valence-corrected chi connectivity index (χ4v) is 2.20. The molecule has 148 valence electrons. The van der Waals surface area contributed by atoms with E-state index in [1.54, 1.807) is 6.07 Å². The fourth-order valence-electron chi connectivity index (χ4n) is 2.09. The minimum absolute atomic E-state index is 0.00547. The standard InChI is InChI=1S/C17H15ClF5NO3/c1-26-14-3-2-10(24-8-11(25)7-18)6-15(14)27-16-12(19)4-9(5-13(16)20)17(21,22)23/h2-6,11,24-25H,7-8H2,1H3. The molecule has 1 atom stereocenters. The highest BCUT2D eigenvalue weighted by Crippen LogP contribution is 2.39. The first kappa shape index (κ1) is 21.0. The van der Waals surface area contributed by atoms with Crippen molar-refractivity contribution < 1.29 is 36.5 Å². The van der Waals surface area contributed by atoms with Gasteiger partial charge in [0.2, 0.25) is 0 Å². The maximum atomic E-state index is 14.0. The lowest BCUT2D eigenvalue weighted by atomic mass is 10.2. The van der Waals surface area contributed by atoms with E-state index in [1.165, 1.54) is 19.2 Å². The molecule has 0 aliphatic carbocycles. The Morgan fingerprint density at radius 3 is 2.26 bits per heavy atom. The molecule has 10 heteroatoms. The van der Waals surface area contributed by atoms with Gasteiger partial charge in [0, 0.05) is 18.3 Å². The van der Waals surface area contributed by atoms with Gasteiger partial charge in [0.25, 0.3) is 0 Å². The van der Waals surface area contributed by atoms with E-state index in [0.717, 1.165) is 0 Å². The molecule has 4 nitrogen and oxygen atoms in total. The molecule has 0 fully saturated rings. The van der Waals surface area contributed by atoms with E-state index in [2.05, 4.69) is 5.32 Å². The largest absolute Gasteiger partial charge is 0.493 e. The number of halogens is 6. The molecule has 0 saturated heterocycles. The third-order valence-electron chi connectivity index (χ3n) is 3.42. The highest BCUT2D eigenvalue weighted by Gasteiger charge is 2.33. The molecule has 1 unspecified atom stereocenters. The Morgan fingerprint density at radius 1 is 1.11 bits per heavy atom. The van der Waals surface area contributed by atoms with E-state index in [4.69, 9.17) is 21.1 Å². The highest BCUT2D eigenvalue weighted by molar-refractivity contribution is 6.18. The average Bonchev–Trinajstić information content (AvgIpc) is 2.61. The quantitative estimate of drug-likeness (QED) is 0.508. The number of hydrogen-bond donors (Lipinski definition) is 2. The summed E-state index contributed by atoms with van der Waals surface area (Å²) < 4.78 is 76.0. The first-order chi connectivity index (χ1) is 12.7. The maximum Gasteiger partial charge on any atom is 0.416 e. The number of nitrogens with one attached hydrogen (secondary N) is 1. The van der Waals surface area contributed by atoms with Gasteiger partial charge in [0.05, 0.1) is 24.7 Å². The van der Waals surface area contributed by atoms with Crippen LogP contribution in [0.4, 0.5) is 27.6 Å². The summed E-state index contributed by atoms with van der Waals surface area (Å²) in [7, 11) is 1.28. The zero-order valence-corrected chi connectivity index (χ0v) is 14.7. The Labute approximate surface area is 156 Å². The summed E-state index contributed by atoms with van der Waals surface area (Å²) in [6.45, 7) is 0.0955. The van der Waals surface area contributed by atoms with Crippen LogP contribution in [0.25, 0.3) is 0 Å². The second-order valence-electron chi connectivity index (χ2n) is 5.42. The average molecular weight is 412 g/mol. The lowest BCUT2D eigenvalue weighted by Crippen LogP contribution is -2.20. The first-order valence-corrected chi connectivity index (χ1v) is 8.09. The van der Waals surface area contributed by atoms with Gasteiger partial charge in [0.15, 0.2) is 28.9 Å². The summed E-state index contributed by atoms with van der Waals surface area (Å²) in [4.78, 5) is 0. The molecule has 2 aromatic carbocycles. The van der Waals surface area contributed by atoms with E-state index in [1.807, 2.05) is 0 Å². The molecule has 0 aliphatic rings. The number of benzene rings is 2. The summed E-state index contributed by atoms with van der Waals surface area (Å²) in [6, 6.07) is 4.57. The lowest BCUT2D eigenvalue weighted by molar-refractivity contribution is -0.138. The minimum atomic E-state index is -4.90. The van der Waals surface area contributed by atoms with Crippen LogP contribution in [0, 0.1) is 11.6 Å². The van der Waals surface area contributed by atoms with Crippen molar-refractivity contribution in [2.75, 3.05) is 24.9 Å². The van der Waals surface area contributed by atoms with E-state index in [9.17, 15) is 27.1 Å². The van der Waals surface area contributed by atoms with Gasteiger partial charge >= 0.3 is 6.18 Å². The molecule has 0 saturated carbocycles. The van der Waals surface area contributed by atoms with Gasteiger partial charge in [0.1, 0.15) is 0 Å². The predicted octanol–water partition coefficient (Wildman–Crippen LogP) is 4.80. The van der Waals surface area contributed by atoms with Crippen molar-refractivity contribution in [2.24, 2.45) is 0 Å². The van der Waals surface area contributed by atoms with Crippen molar-refractivity contribution in [3.05, 3.63) is 47.5 Å². The summed E-state index contributed by atoms with van der Waals surface area (Å²) in [5, 5.41) is 12.3. The second-order valence-corrected chi connectivity index (χ2v) is 5.73. The molecule has 0 aliphatic heterocycles. The van der Waals surface area contributed by atoms with E-state index in [0.29, 0.717) is 5.69 Å². The molecule has 2 N–H and O–H groups in total. The normalized spacial score (nSPS) is 12.6. The van der Waals surface area contributed by atoms with Crippen LogP contribution in [0.15, 0.2) is 30.3 Å². The predicted molar refractivity (Wildman–Crippen MR) is 89.6 cm³/mol. The van der Waals surface area contributed by atoms with Crippen LogP contribution in [0.1, 0.15) is 5.56 Å². The molecule has 0 aromatic heterocycles. The Hall–Kier alpha value is -2.26. The van der Waals surface area contributed by atoms with Crippen LogP contribution >= 0.6 is 11.6 Å². The first-order valence-electron chi connectivity index (χ1n) is 7.55. The number of rotatable bonds is 7. The smallest absolute Gasteiger partial charge is 0.416 e. The van der Waals surface area contributed by atoms with Crippen molar-refractivity contribution in [1.29, 1.82) is 0 Å². The highest BCUT2D eigenvalue weighted by atomic mass is 35.5. The molecule has 0 bridgehead atoms. The van der Waals surface area contributed by atoms with Crippen LogP contribution in [-0.2, 0) is 6.18 Å². The van der Waals surface area contributed by atoms with Crippen molar-refractivity contribution in [3.8, 4) is 17.2 Å². The molecule has 2 aromatic rings. The van der Waals surface area contributed by atoms with Gasteiger partial charge in [-0.15, -0.1) is 11.6 Å². The van der Waals surface area contributed by atoms with Gasteiger partial charge in [-0.05, 0) is 24.3 Å². The van der Waals surface area contributed by atoms with E-state index < -0.39 is 35.2 Å². The second kappa shape index (κ2) is 8.62. The maximum absolute atomic E-state index is 14.0. The number of alkyl halides is 4. The zero-order valence-electron chi connectivity index (χ0n) is 13.9. The van der Waals surface area contributed by atoms with E-state index in [-0.39, 0.29) is 36.1 Å². The summed E-state index contributed by atoms with van der Waals surface area (Å²) in [5.41, 5.74) is -1.06. The SMILES string of the molecule is COc1ccc(NCC(O)CCl)cc1Oc1c(F)cc(C(F)(F)F)cc1F. The third kappa shape index (κ3) is 5.36. The third-order valence-corrected chi connectivity index (χ3v) is 3.78. The van der Waals surface area contributed by atoms with Crippen molar-refractivity contribution in [3.63, 3.8) is 0 Å². The van der Waals surface area contributed by atoms with Gasteiger partial charge in [-0.3, -0.25) is 0 Å². The minimum Gasteiger partial charge on any atom is -0.493 e. The summed E-state index contributed by atoms with van der Waals surface area (Å²) >= 11 is 5.49. The van der Waals surface area contributed by atoms with Crippen LogP contribution in [0.2, 0.25) is 0 Å². The van der Waals surface area contributed by atoms with Crippen molar-refractivity contribution in [1.82, 2.24) is 0 Å². The summed E-state index contributed by atoms with van der Waals surface area (Å²) in [6.07, 6.45) is -5.73. The van der Waals surface area contributed by atoms with Gasteiger partial charge < -0.3 is 19.9 Å². The molecule has 2 rings (SSSR count). The molecule has 0 amide bonds. The summed E-state index contributed by atoms with van der Waals surface area (Å²) in [5.74, 6) is -4.08. The van der Waals surface area contributed by atoms with Gasteiger partial charge in [-0.2, -0.15) is 13.2 Å². The Kier molecular flexibility index (Phi) is 6.72. The Balaban J connectivity index is 2.33. The number of hydrogen-bond acceptors (Lipinski definition) is 4.